The molecule has 1 N–H and O–H groups in total. The van der Waals surface area contributed by atoms with Gasteiger partial charge >= 0.3 is 0 Å². The zero-order valence-corrected chi connectivity index (χ0v) is 19.5. The van der Waals surface area contributed by atoms with Crippen LogP contribution in [-0.4, -0.2) is 22.3 Å². The molecule has 1 fully saturated rings. The molecule has 3 unspecified atom stereocenters. The average Bonchev–Trinajstić information content (AvgIpc) is 3.44. The quantitative estimate of drug-likeness (QED) is 0.537. The molecule has 1 aliphatic heterocycles. The molecule has 7 heteroatoms. The van der Waals surface area contributed by atoms with Crippen molar-refractivity contribution in [2.45, 2.75) is 17.3 Å². The van der Waals surface area contributed by atoms with Gasteiger partial charge in [-0.3, -0.25) is 19.2 Å². The van der Waals surface area contributed by atoms with Crippen LogP contribution in [0.2, 0.25) is 5.02 Å². The first-order chi connectivity index (χ1) is 15.8. The molecule has 0 bridgehead atoms. The van der Waals surface area contributed by atoms with Gasteiger partial charge in [-0.15, -0.1) is 6.58 Å². The summed E-state index contributed by atoms with van der Waals surface area (Å²) in [6, 6.07) is 22.1. The first kappa shape index (κ1) is 21.6. The largest absolute Gasteiger partial charge is 0.280 e. The van der Waals surface area contributed by atoms with E-state index in [2.05, 4.69) is 11.3 Å². The topological polar surface area (TPSA) is 66.5 Å². The van der Waals surface area contributed by atoms with E-state index in [4.69, 9.17) is 11.6 Å². The maximum atomic E-state index is 14.1. The maximum Gasteiger partial charge on any atom is 0.263 e. The fourth-order valence-electron chi connectivity index (χ4n) is 5.11. The number of nitrogens with one attached hydrogen (secondary N) is 1. The summed E-state index contributed by atoms with van der Waals surface area (Å²) in [5.41, 5.74) is 2.31. The molecule has 0 radical (unpaired) electrons. The van der Waals surface area contributed by atoms with Gasteiger partial charge in [0.1, 0.15) is 11.0 Å². The van der Waals surface area contributed by atoms with Crippen molar-refractivity contribution in [2.24, 2.45) is 0 Å². The van der Waals surface area contributed by atoms with Crippen LogP contribution in [0, 0.1) is 0 Å². The van der Waals surface area contributed by atoms with Gasteiger partial charge in [-0.05, 0) is 53.9 Å². The lowest BCUT2D eigenvalue weighted by Crippen LogP contribution is -2.33. The lowest BCUT2D eigenvalue weighted by atomic mass is 9.82. The Balaban J connectivity index is 1.62. The molecule has 3 atom stereocenters. The molecule has 0 aromatic heterocycles. The number of carbonyl (C=O) groups is 2. The lowest BCUT2D eigenvalue weighted by Gasteiger charge is -2.21. The van der Waals surface area contributed by atoms with E-state index in [0.717, 1.165) is 16.8 Å². The van der Waals surface area contributed by atoms with E-state index < -0.39 is 27.7 Å². The highest BCUT2D eigenvalue weighted by Crippen LogP contribution is 2.71. The Labute approximate surface area is 199 Å². The van der Waals surface area contributed by atoms with Crippen molar-refractivity contribution in [2.75, 3.05) is 11.2 Å². The highest BCUT2D eigenvalue weighted by Gasteiger charge is 2.75. The van der Waals surface area contributed by atoms with Crippen LogP contribution in [0.4, 0.5) is 11.4 Å². The molecule has 3 aromatic carbocycles. The van der Waals surface area contributed by atoms with Gasteiger partial charge in [-0.2, -0.15) is 0 Å². The van der Waals surface area contributed by atoms with Gasteiger partial charge in [0.2, 0.25) is 5.91 Å². The average molecular weight is 477 g/mol. The van der Waals surface area contributed by atoms with Crippen LogP contribution < -0.4 is 9.62 Å². The number of amides is 2. The summed E-state index contributed by atoms with van der Waals surface area (Å²) in [6.45, 7) is 4.10. The molecule has 0 saturated heterocycles. The number of rotatable bonds is 5. The van der Waals surface area contributed by atoms with Gasteiger partial charge in [0.25, 0.3) is 5.91 Å². The SMILES string of the molecule is C=CC1(c2ccc(Cl)cc2)CC12C(=O)N(c1cccc(C(=O)NS(C)=O)c1)c1ccccc12. The van der Waals surface area contributed by atoms with E-state index in [1.54, 1.807) is 29.2 Å². The zero-order chi connectivity index (χ0) is 23.4. The number of hydrogen-bond donors (Lipinski definition) is 1. The fraction of sp³-hybridized carbons (Fsp3) is 0.154. The molecule has 166 valence electrons. The molecule has 1 aliphatic carbocycles. The minimum Gasteiger partial charge on any atom is -0.280 e. The van der Waals surface area contributed by atoms with E-state index in [-0.39, 0.29) is 5.91 Å². The van der Waals surface area contributed by atoms with E-state index >= 15 is 0 Å². The number of fused-ring (bicyclic) bond motifs is 2. The first-order valence-electron chi connectivity index (χ1n) is 10.4. The van der Waals surface area contributed by atoms with Gasteiger partial charge in [0.15, 0.2) is 0 Å². The molecule has 1 saturated carbocycles. The Morgan fingerprint density at radius 2 is 1.85 bits per heavy atom. The minimum atomic E-state index is -1.49. The predicted molar refractivity (Wildman–Crippen MR) is 131 cm³/mol. The van der Waals surface area contributed by atoms with Crippen LogP contribution in [0.3, 0.4) is 0 Å². The first-order valence-corrected chi connectivity index (χ1v) is 12.4. The van der Waals surface area contributed by atoms with Crippen LogP contribution in [0.25, 0.3) is 0 Å². The highest BCUT2D eigenvalue weighted by atomic mass is 35.5. The van der Waals surface area contributed by atoms with Gasteiger partial charge in [-0.1, -0.05) is 54.1 Å². The minimum absolute atomic E-state index is 0.0600. The second kappa shape index (κ2) is 7.68. The summed E-state index contributed by atoms with van der Waals surface area (Å²) in [5, 5.41) is 0.635. The molecule has 2 aliphatic rings. The molecule has 33 heavy (non-hydrogen) atoms. The second-order valence-electron chi connectivity index (χ2n) is 8.36. The van der Waals surface area contributed by atoms with Crippen molar-refractivity contribution in [3.05, 3.63) is 107 Å². The van der Waals surface area contributed by atoms with Crippen molar-refractivity contribution in [1.29, 1.82) is 0 Å². The molecule has 3 aromatic rings. The zero-order valence-electron chi connectivity index (χ0n) is 17.9. The summed E-state index contributed by atoms with van der Waals surface area (Å²) in [4.78, 5) is 28.2. The standard InChI is InChI=1S/C26H21ClN2O3S/c1-3-25(18-11-13-19(27)14-12-18)16-26(25)21-9-4-5-10-22(21)29(24(26)31)20-8-6-7-17(15-20)23(30)28-33(2)32/h3-15H,1,16H2,2H3,(H,28,30). The third-order valence-corrected chi connectivity index (χ3v) is 7.39. The van der Waals surface area contributed by atoms with Crippen LogP contribution in [-0.2, 0) is 26.6 Å². The molecule has 5 nitrogen and oxygen atoms in total. The fourth-order valence-corrected chi connectivity index (χ4v) is 5.62. The molecule has 2 amide bonds. The second-order valence-corrected chi connectivity index (χ2v) is 9.91. The van der Waals surface area contributed by atoms with Gasteiger partial charge in [0.05, 0.1) is 11.1 Å². The number of benzene rings is 3. The normalized spacial score (nSPS) is 23.8. The summed E-state index contributed by atoms with van der Waals surface area (Å²) in [5.74, 6) is -0.518. The van der Waals surface area contributed by atoms with Gasteiger partial charge in [0, 0.05) is 27.9 Å². The van der Waals surface area contributed by atoms with Crippen molar-refractivity contribution in [3.63, 3.8) is 0 Å². The Bertz CT molecular complexity index is 1340. The number of carbonyl (C=O) groups excluding carboxylic acids is 2. The Hall–Kier alpha value is -3.22. The summed E-state index contributed by atoms with van der Waals surface area (Å²) in [7, 11) is -1.49. The van der Waals surface area contributed by atoms with E-state index in [1.165, 1.54) is 6.26 Å². The summed E-state index contributed by atoms with van der Waals surface area (Å²) in [6.07, 6.45) is 3.87. The maximum absolute atomic E-state index is 14.1. The van der Waals surface area contributed by atoms with Crippen LogP contribution in [0.1, 0.15) is 27.9 Å². The van der Waals surface area contributed by atoms with E-state index in [9.17, 15) is 13.8 Å². The van der Waals surface area contributed by atoms with E-state index in [0.29, 0.717) is 22.7 Å². The van der Waals surface area contributed by atoms with Gasteiger partial charge < -0.3 is 0 Å². The molecule has 1 spiro atoms. The number of halogens is 1. The molecule has 1 heterocycles. The van der Waals surface area contributed by atoms with Crippen molar-refractivity contribution in [1.82, 2.24) is 4.72 Å². The Morgan fingerprint density at radius 3 is 2.55 bits per heavy atom. The van der Waals surface area contributed by atoms with Crippen molar-refractivity contribution >= 4 is 45.8 Å². The van der Waals surface area contributed by atoms with Crippen LogP contribution >= 0.6 is 11.6 Å². The smallest absolute Gasteiger partial charge is 0.263 e. The Kier molecular flexibility index (Phi) is 5.03. The number of anilines is 2. The number of allylic oxidation sites excluding steroid dienone is 1. The van der Waals surface area contributed by atoms with Crippen molar-refractivity contribution < 1.29 is 13.8 Å². The van der Waals surface area contributed by atoms with Crippen LogP contribution in [0.15, 0.2) is 85.5 Å². The summed E-state index contributed by atoms with van der Waals surface area (Å²) >= 11 is 6.11. The van der Waals surface area contributed by atoms with E-state index in [1.807, 2.05) is 54.6 Å². The Morgan fingerprint density at radius 1 is 1.12 bits per heavy atom. The highest BCUT2D eigenvalue weighted by molar-refractivity contribution is 7.82. The third-order valence-electron chi connectivity index (χ3n) is 6.66. The molecular weight excluding hydrogens is 456 g/mol. The summed E-state index contributed by atoms with van der Waals surface area (Å²) < 4.78 is 13.8. The monoisotopic (exact) mass is 476 g/mol. The third kappa shape index (κ3) is 3.09. The predicted octanol–water partition coefficient (Wildman–Crippen LogP) is 4.81. The lowest BCUT2D eigenvalue weighted by molar-refractivity contribution is -0.119. The van der Waals surface area contributed by atoms with Crippen LogP contribution in [0.5, 0.6) is 0 Å². The number of hydrogen-bond acceptors (Lipinski definition) is 3. The van der Waals surface area contributed by atoms with Crippen molar-refractivity contribution in [3.8, 4) is 0 Å². The van der Waals surface area contributed by atoms with Gasteiger partial charge in [-0.25, -0.2) is 4.21 Å². The molecule has 5 rings (SSSR count). The number of para-hydroxylation sites is 1. The molecular formula is C26H21ClN2O3S. The number of nitrogens with zero attached hydrogens (tertiary/aromatic N) is 1.